The summed E-state index contributed by atoms with van der Waals surface area (Å²) in [4.78, 5) is 4.29. The summed E-state index contributed by atoms with van der Waals surface area (Å²) < 4.78 is 44.4. The smallest absolute Gasteiger partial charge is 0.395 e. The van der Waals surface area contributed by atoms with Crippen LogP contribution < -0.4 is 21.1 Å². The Bertz CT molecular complexity index is 793. The molecule has 1 aromatic heterocycles. The molecule has 0 amide bonds. The molecule has 0 radical (unpaired) electrons. The van der Waals surface area contributed by atoms with Crippen molar-refractivity contribution in [3.63, 3.8) is 0 Å². The Balaban J connectivity index is 2.23. The van der Waals surface area contributed by atoms with Gasteiger partial charge in [-0.1, -0.05) is 19.6 Å². The summed E-state index contributed by atoms with van der Waals surface area (Å²) >= 11 is 0. The minimum absolute atomic E-state index is 0.264. The molecule has 0 saturated carbocycles. The van der Waals surface area contributed by atoms with Crippen molar-refractivity contribution in [2.75, 3.05) is 17.2 Å². The molecule has 4 N–H and O–H groups in total. The fourth-order valence-electron chi connectivity index (χ4n) is 2.46. The van der Waals surface area contributed by atoms with Crippen LogP contribution in [0.2, 0.25) is 0 Å². The molecule has 0 bridgehead atoms. The Morgan fingerprint density at radius 3 is 2.70 bits per heavy atom. The molecule has 1 aromatic carbocycles. The van der Waals surface area contributed by atoms with Gasteiger partial charge in [-0.3, -0.25) is 0 Å². The molecular weight excluding hydrogens is 357 g/mol. The highest BCUT2D eigenvalue weighted by Gasteiger charge is 2.25. The van der Waals surface area contributed by atoms with E-state index in [0.29, 0.717) is 36.1 Å². The molecule has 27 heavy (non-hydrogen) atoms. The number of nitrogens with zero attached hydrogens (tertiary/aromatic N) is 1. The predicted molar refractivity (Wildman–Crippen MR) is 100 cm³/mol. The first kappa shape index (κ1) is 20.6. The zero-order chi connectivity index (χ0) is 20.0. The molecule has 0 spiro atoms. The van der Waals surface area contributed by atoms with Gasteiger partial charge in [0.2, 0.25) is 0 Å². The molecule has 2 rings (SSSR count). The van der Waals surface area contributed by atoms with E-state index in [1.807, 2.05) is 13.0 Å². The van der Waals surface area contributed by atoms with Gasteiger partial charge >= 0.3 is 6.11 Å². The van der Waals surface area contributed by atoms with Crippen molar-refractivity contribution in [2.45, 2.75) is 32.4 Å². The zero-order valence-electron chi connectivity index (χ0n) is 15.2. The SMILES string of the molecule is C=C(CN)Nc1cccnc1NC(CC)c1ccc(OC(C)(F)F)c(F)c1. The molecule has 0 saturated heterocycles. The molecule has 8 heteroatoms. The second-order valence-electron chi connectivity index (χ2n) is 6.04. The number of alkyl halides is 2. The van der Waals surface area contributed by atoms with Crippen LogP contribution in [0.5, 0.6) is 5.75 Å². The van der Waals surface area contributed by atoms with E-state index in [2.05, 4.69) is 26.9 Å². The van der Waals surface area contributed by atoms with Crippen LogP contribution in [0.1, 0.15) is 31.9 Å². The predicted octanol–water partition coefficient (Wildman–Crippen LogP) is 4.66. The van der Waals surface area contributed by atoms with Crippen LogP contribution in [0, 0.1) is 5.82 Å². The molecule has 1 atom stereocenters. The Kier molecular flexibility index (Phi) is 6.68. The van der Waals surface area contributed by atoms with Gasteiger partial charge in [0, 0.05) is 25.4 Å². The number of hydrogen-bond donors (Lipinski definition) is 3. The van der Waals surface area contributed by atoms with Crippen LogP contribution in [-0.2, 0) is 0 Å². The second-order valence-corrected chi connectivity index (χ2v) is 6.04. The summed E-state index contributed by atoms with van der Waals surface area (Å²) in [5, 5.41) is 6.29. The number of nitrogens with two attached hydrogens (primary N) is 1. The Labute approximate surface area is 156 Å². The van der Waals surface area contributed by atoms with E-state index in [4.69, 9.17) is 5.73 Å². The van der Waals surface area contributed by atoms with Crippen molar-refractivity contribution in [2.24, 2.45) is 5.73 Å². The normalized spacial score (nSPS) is 12.4. The minimum Gasteiger partial charge on any atom is -0.430 e. The van der Waals surface area contributed by atoms with Crippen molar-refractivity contribution >= 4 is 11.5 Å². The van der Waals surface area contributed by atoms with Crippen LogP contribution in [0.4, 0.5) is 24.7 Å². The van der Waals surface area contributed by atoms with Gasteiger partial charge in [-0.2, -0.15) is 8.78 Å². The van der Waals surface area contributed by atoms with Crippen molar-refractivity contribution in [3.05, 3.63) is 60.2 Å². The number of anilines is 2. The third-order valence-electron chi connectivity index (χ3n) is 3.73. The first-order valence-corrected chi connectivity index (χ1v) is 8.46. The van der Waals surface area contributed by atoms with E-state index in [0.717, 1.165) is 0 Å². The first-order valence-electron chi connectivity index (χ1n) is 8.46. The van der Waals surface area contributed by atoms with Gasteiger partial charge < -0.3 is 21.1 Å². The summed E-state index contributed by atoms with van der Waals surface area (Å²) in [7, 11) is 0. The minimum atomic E-state index is -3.45. The number of ether oxygens (including phenoxy) is 1. The lowest BCUT2D eigenvalue weighted by Crippen LogP contribution is -2.20. The summed E-state index contributed by atoms with van der Waals surface area (Å²) in [6.07, 6.45) is -1.23. The standard InChI is InChI=1S/C19H23F3N4O/c1-4-15(13-7-8-17(14(20)10-13)27-19(3,21)22)26-18-16(6-5-9-24-18)25-12(2)11-23/h5-10,15,25H,2,4,11,23H2,1,3H3,(H,24,26). The van der Waals surface area contributed by atoms with Gasteiger partial charge in [-0.25, -0.2) is 9.37 Å². The van der Waals surface area contributed by atoms with Gasteiger partial charge in [0.25, 0.3) is 0 Å². The number of benzene rings is 1. The average Bonchev–Trinajstić information content (AvgIpc) is 2.61. The van der Waals surface area contributed by atoms with E-state index in [1.165, 1.54) is 12.1 Å². The Hall–Kier alpha value is -2.74. The lowest BCUT2D eigenvalue weighted by atomic mass is 10.0. The molecule has 146 valence electrons. The van der Waals surface area contributed by atoms with E-state index < -0.39 is 17.7 Å². The molecule has 0 aliphatic heterocycles. The van der Waals surface area contributed by atoms with Crippen LogP contribution in [-0.4, -0.2) is 17.6 Å². The number of aromatic nitrogens is 1. The van der Waals surface area contributed by atoms with Gasteiger partial charge in [-0.15, -0.1) is 0 Å². The number of halogens is 3. The fourth-order valence-corrected chi connectivity index (χ4v) is 2.46. The fraction of sp³-hybridized carbons (Fsp3) is 0.316. The molecule has 1 heterocycles. The number of rotatable bonds is 9. The molecule has 5 nitrogen and oxygen atoms in total. The average molecular weight is 380 g/mol. The van der Waals surface area contributed by atoms with Crippen molar-refractivity contribution < 1.29 is 17.9 Å². The quantitative estimate of drug-likeness (QED) is 0.590. The van der Waals surface area contributed by atoms with Gasteiger partial charge in [0.1, 0.15) is 5.82 Å². The van der Waals surface area contributed by atoms with E-state index in [1.54, 1.807) is 18.3 Å². The monoisotopic (exact) mass is 380 g/mol. The van der Waals surface area contributed by atoms with Crippen LogP contribution in [0.3, 0.4) is 0 Å². The summed E-state index contributed by atoms with van der Waals surface area (Å²) in [5.74, 6) is -0.814. The van der Waals surface area contributed by atoms with Crippen molar-refractivity contribution in [3.8, 4) is 5.75 Å². The largest absolute Gasteiger partial charge is 0.430 e. The molecule has 0 aliphatic rings. The van der Waals surface area contributed by atoms with Gasteiger partial charge in [0.05, 0.1) is 11.7 Å². The van der Waals surface area contributed by atoms with E-state index in [-0.39, 0.29) is 12.6 Å². The molecular formula is C19H23F3N4O. The number of nitrogens with one attached hydrogen (secondary N) is 2. The second kappa shape index (κ2) is 8.77. The Morgan fingerprint density at radius 2 is 2.11 bits per heavy atom. The van der Waals surface area contributed by atoms with Crippen molar-refractivity contribution in [1.29, 1.82) is 0 Å². The van der Waals surface area contributed by atoms with E-state index in [9.17, 15) is 13.2 Å². The maximum Gasteiger partial charge on any atom is 0.395 e. The van der Waals surface area contributed by atoms with Crippen LogP contribution in [0.25, 0.3) is 0 Å². The summed E-state index contributed by atoms with van der Waals surface area (Å²) in [6.45, 7) is 6.53. The number of pyridine rings is 1. The van der Waals surface area contributed by atoms with Crippen LogP contribution in [0.15, 0.2) is 48.8 Å². The highest BCUT2D eigenvalue weighted by Crippen LogP contribution is 2.30. The topological polar surface area (TPSA) is 72.2 Å². The molecule has 0 fully saturated rings. The molecule has 2 aromatic rings. The zero-order valence-corrected chi connectivity index (χ0v) is 15.2. The lowest BCUT2D eigenvalue weighted by molar-refractivity contribution is -0.160. The third-order valence-corrected chi connectivity index (χ3v) is 3.73. The van der Waals surface area contributed by atoms with Gasteiger partial charge in [-0.05, 0) is 36.2 Å². The third kappa shape index (κ3) is 5.89. The maximum absolute atomic E-state index is 14.2. The summed E-state index contributed by atoms with van der Waals surface area (Å²) in [6, 6.07) is 7.19. The van der Waals surface area contributed by atoms with E-state index >= 15 is 0 Å². The molecule has 0 aliphatic carbocycles. The number of hydrogen-bond acceptors (Lipinski definition) is 5. The van der Waals surface area contributed by atoms with Crippen LogP contribution >= 0.6 is 0 Å². The maximum atomic E-state index is 14.2. The first-order chi connectivity index (χ1) is 12.7. The summed E-state index contributed by atoms with van der Waals surface area (Å²) in [5.41, 5.74) is 7.43. The van der Waals surface area contributed by atoms with Gasteiger partial charge in [0.15, 0.2) is 11.6 Å². The highest BCUT2D eigenvalue weighted by atomic mass is 19.3. The highest BCUT2D eigenvalue weighted by molar-refractivity contribution is 5.66. The Morgan fingerprint density at radius 1 is 1.37 bits per heavy atom. The lowest BCUT2D eigenvalue weighted by Gasteiger charge is -2.21. The molecule has 1 unspecified atom stereocenters. The van der Waals surface area contributed by atoms with Crippen molar-refractivity contribution in [1.82, 2.24) is 4.98 Å².